The van der Waals surface area contributed by atoms with Crippen LogP contribution in [0.3, 0.4) is 0 Å². The van der Waals surface area contributed by atoms with E-state index in [4.69, 9.17) is 19.2 Å². The van der Waals surface area contributed by atoms with Gasteiger partial charge in [0.15, 0.2) is 5.96 Å². The molecule has 0 aliphatic carbocycles. The molecule has 0 radical (unpaired) electrons. The third-order valence-corrected chi connectivity index (χ3v) is 4.90. The molecular formula is C24H34N4O3. The number of benzene rings is 2. The third kappa shape index (κ3) is 8.47. The van der Waals surface area contributed by atoms with Crippen molar-refractivity contribution in [2.24, 2.45) is 4.99 Å². The monoisotopic (exact) mass is 426 g/mol. The number of para-hydroxylation sites is 2. The topological polar surface area (TPSA) is 67.4 Å². The van der Waals surface area contributed by atoms with Crippen LogP contribution in [0.15, 0.2) is 59.6 Å². The van der Waals surface area contributed by atoms with Crippen molar-refractivity contribution in [3.8, 4) is 11.5 Å². The molecule has 2 N–H and O–H groups in total. The molecule has 0 spiro atoms. The Kier molecular flexibility index (Phi) is 9.99. The van der Waals surface area contributed by atoms with Crippen LogP contribution >= 0.6 is 0 Å². The van der Waals surface area contributed by atoms with Crippen LogP contribution in [0.5, 0.6) is 11.5 Å². The largest absolute Gasteiger partial charge is 0.492 e. The zero-order chi connectivity index (χ0) is 21.6. The maximum Gasteiger partial charge on any atom is 0.191 e. The van der Waals surface area contributed by atoms with Gasteiger partial charge in [-0.05, 0) is 25.1 Å². The predicted octanol–water partition coefficient (Wildman–Crippen LogP) is 2.53. The summed E-state index contributed by atoms with van der Waals surface area (Å²) >= 11 is 0. The summed E-state index contributed by atoms with van der Waals surface area (Å²) in [5, 5.41) is 6.60. The highest BCUT2D eigenvalue weighted by Gasteiger charge is 2.10. The van der Waals surface area contributed by atoms with Crippen molar-refractivity contribution in [3.63, 3.8) is 0 Å². The molecule has 7 heteroatoms. The quantitative estimate of drug-likeness (QED) is 0.327. The van der Waals surface area contributed by atoms with E-state index in [1.165, 1.54) is 0 Å². The standard InChI is InChI=1S/C24H34N4O3/c1-2-25-24(26-12-16-30-22-9-4-3-5-10-22)27-20-21-8-6-7-11-23(21)31-19-15-28-13-17-29-18-14-28/h3-11H,2,12-20H2,1H3,(H2,25,26,27). The number of aliphatic imine (C=N–C) groups is 1. The zero-order valence-electron chi connectivity index (χ0n) is 18.4. The highest BCUT2D eigenvalue weighted by Crippen LogP contribution is 2.19. The molecule has 168 valence electrons. The summed E-state index contributed by atoms with van der Waals surface area (Å²) in [6, 6.07) is 17.9. The van der Waals surface area contributed by atoms with Crippen molar-refractivity contribution >= 4 is 5.96 Å². The van der Waals surface area contributed by atoms with E-state index in [1.54, 1.807) is 0 Å². The fourth-order valence-corrected chi connectivity index (χ4v) is 3.25. The summed E-state index contributed by atoms with van der Waals surface area (Å²) in [7, 11) is 0. The van der Waals surface area contributed by atoms with Crippen LogP contribution < -0.4 is 20.1 Å². The fraction of sp³-hybridized carbons (Fsp3) is 0.458. The molecule has 0 saturated carbocycles. The van der Waals surface area contributed by atoms with Crippen molar-refractivity contribution in [1.82, 2.24) is 15.5 Å². The maximum atomic E-state index is 6.07. The first-order valence-corrected chi connectivity index (χ1v) is 11.1. The Labute approximate surface area is 185 Å². The Balaban J connectivity index is 1.46. The van der Waals surface area contributed by atoms with E-state index in [9.17, 15) is 0 Å². The lowest BCUT2D eigenvalue weighted by atomic mass is 10.2. The normalized spacial score (nSPS) is 14.8. The summed E-state index contributed by atoms with van der Waals surface area (Å²) < 4.78 is 17.2. The number of ether oxygens (including phenoxy) is 3. The predicted molar refractivity (Wildman–Crippen MR) is 124 cm³/mol. The molecule has 3 rings (SSSR count). The average molecular weight is 427 g/mol. The van der Waals surface area contributed by atoms with Crippen LogP contribution in [0.25, 0.3) is 0 Å². The second-order valence-electron chi connectivity index (χ2n) is 7.19. The lowest BCUT2D eigenvalue weighted by Gasteiger charge is -2.26. The van der Waals surface area contributed by atoms with Crippen LogP contribution in [-0.2, 0) is 11.3 Å². The van der Waals surface area contributed by atoms with Gasteiger partial charge in [0.05, 0.1) is 26.3 Å². The van der Waals surface area contributed by atoms with Crippen molar-refractivity contribution in [3.05, 3.63) is 60.2 Å². The SMILES string of the molecule is CCNC(=NCc1ccccc1OCCN1CCOCC1)NCCOc1ccccc1. The Morgan fingerprint density at radius 1 is 0.968 bits per heavy atom. The second kappa shape index (κ2) is 13.5. The van der Waals surface area contributed by atoms with Gasteiger partial charge in [0.25, 0.3) is 0 Å². The highest BCUT2D eigenvalue weighted by atomic mass is 16.5. The van der Waals surface area contributed by atoms with Gasteiger partial charge in [0.1, 0.15) is 24.7 Å². The Bertz CT molecular complexity index is 779. The summed E-state index contributed by atoms with van der Waals surface area (Å²) in [6.45, 7) is 9.76. The minimum Gasteiger partial charge on any atom is -0.492 e. The molecule has 0 aromatic heterocycles. The maximum absolute atomic E-state index is 6.07. The van der Waals surface area contributed by atoms with E-state index in [-0.39, 0.29) is 0 Å². The number of morpholine rings is 1. The van der Waals surface area contributed by atoms with Gasteiger partial charge in [-0.15, -0.1) is 0 Å². The van der Waals surface area contributed by atoms with Gasteiger partial charge >= 0.3 is 0 Å². The Hall–Kier alpha value is -2.77. The molecule has 1 aliphatic rings. The lowest BCUT2D eigenvalue weighted by Crippen LogP contribution is -2.39. The van der Waals surface area contributed by atoms with Crippen LogP contribution in [0, 0.1) is 0 Å². The molecule has 0 amide bonds. The first kappa shape index (κ1) is 22.9. The van der Waals surface area contributed by atoms with E-state index in [0.29, 0.717) is 26.3 Å². The summed E-state index contributed by atoms with van der Waals surface area (Å²) in [5.41, 5.74) is 1.07. The molecule has 31 heavy (non-hydrogen) atoms. The van der Waals surface area contributed by atoms with Gasteiger partial charge in [-0.1, -0.05) is 36.4 Å². The van der Waals surface area contributed by atoms with Gasteiger partial charge < -0.3 is 24.8 Å². The summed E-state index contributed by atoms with van der Waals surface area (Å²) in [6.07, 6.45) is 0. The van der Waals surface area contributed by atoms with E-state index in [2.05, 4.69) is 28.5 Å². The van der Waals surface area contributed by atoms with E-state index in [0.717, 1.165) is 62.4 Å². The van der Waals surface area contributed by atoms with Gasteiger partial charge in [-0.25, -0.2) is 4.99 Å². The molecule has 1 heterocycles. The number of guanidine groups is 1. The average Bonchev–Trinajstić information content (AvgIpc) is 2.82. The molecule has 1 aliphatic heterocycles. The third-order valence-electron chi connectivity index (χ3n) is 4.90. The van der Waals surface area contributed by atoms with Gasteiger partial charge in [-0.2, -0.15) is 0 Å². The van der Waals surface area contributed by atoms with Gasteiger partial charge in [0, 0.05) is 31.7 Å². The smallest absolute Gasteiger partial charge is 0.191 e. The highest BCUT2D eigenvalue weighted by molar-refractivity contribution is 5.79. The molecule has 0 unspecified atom stereocenters. The van der Waals surface area contributed by atoms with Gasteiger partial charge in [0.2, 0.25) is 0 Å². The molecule has 2 aromatic carbocycles. The summed E-state index contributed by atoms with van der Waals surface area (Å²) in [5.74, 6) is 2.53. The Morgan fingerprint density at radius 2 is 1.74 bits per heavy atom. The number of nitrogens with one attached hydrogen (secondary N) is 2. The van der Waals surface area contributed by atoms with E-state index < -0.39 is 0 Å². The number of nitrogens with zero attached hydrogens (tertiary/aromatic N) is 2. The molecule has 0 atom stereocenters. The van der Waals surface area contributed by atoms with Gasteiger partial charge in [-0.3, -0.25) is 4.90 Å². The van der Waals surface area contributed by atoms with Crippen LogP contribution in [-0.4, -0.2) is 70.0 Å². The lowest BCUT2D eigenvalue weighted by molar-refractivity contribution is 0.0322. The van der Waals surface area contributed by atoms with E-state index in [1.807, 2.05) is 48.5 Å². The van der Waals surface area contributed by atoms with Crippen molar-refractivity contribution in [2.75, 3.05) is 59.2 Å². The minimum atomic E-state index is 0.544. The Morgan fingerprint density at radius 3 is 2.55 bits per heavy atom. The van der Waals surface area contributed by atoms with Crippen molar-refractivity contribution in [1.29, 1.82) is 0 Å². The molecule has 7 nitrogen and oxygen atoms in total. The second-order valence-corrected chi connectivity index (χ2v) is 7.19. The van der Waals surface area contributed by atoms with E-state index >= 15 is 0 Å². The first-order valence-electron chi connectivity index (χ1n) is 11.1. The molecule has 2 aromatic rings. The first-order chi connectivity index (χ1) is 15.3. The molecular weight excluding hydrogens is 392 g/mol. The van der Waals surface area contributed by atoms with Crippen LogP contribution in [0.4, 0.5) is 0 Å². The minimum absolute atomic E-state index is 0.544. The molecule has 1 fully saturated rings. The van der Waals surface area contributed by atoms with Crippen LogP contribution in [0.2, 0.25) is 0 Å². The van der Waals surface area contributed by atoms with Crippen molar-refractivity contribution < 1.29 is 14.2 Å². The fourth-order valence-electron chi connectivity index (χ4n) is 3.25. The number of hydrogen-bond donors (Lipinski definition) is 2. The van der Waals surface area contributed by atoms with Crippen molar-refractivity contribution in [2.45, 2.75) is 13.5 Å². The zero-order valence-corrected chi connectivity index (χ0v) is 18.4. The number of hydrogen-bond acceptors (Lipinski definition) is 5. The number of rotatable bonds is 11. The molecule has 1 saturated heterocycles. The summed E-state index contributed by atoms with van der Waals surface area (Å²) in [4.78, 5) is 7.09. The molecule has 0 bridgehead atoms. The van der Waals surface area contributed by atoms with Crippen LogP contribution in [0.1, 0.15) is 12.5 Å².